The van der Waals surface area contributed by atoms with Crippen LogP contribution in [0.4, 0.5) is 0 Å². The molecule has 2 fully saturated rings. The number of sulfonamides is 1. The summed E-state index contributed by atoms with van der Waals surface area (Å²) in [5.41, 5.74) is 0.435. The molecule has 0 bridgehead atoms. The highest BCUT2D eigenvalue weighted by atomic mass is 32.2. The van der Waals surface area contributed by atoms with Crippen LogP contribution in [0.1, 0.15) is 37.7 Å². The van der Waals surface area contributed by atoms with Crippen LogP contribution in [-0.2, 0) is 14.8 Å². The van der Waals surface area contributed by atoms with Gasteiger partial charge in [0.15, 0.2) is 0 Å². The van der Waals surface area contributed by atoms with Gasteiger partial charge in [-0.05, 0) is 56.4 Å². The van der Waals surface area contributed by atoms with Gasteiger partial charge in [-0.3, -0.25) is 4.79 Å². The highest BCUT2D eigenvalue weighted by Gasteiger charge is 2.34. The number of nitriles is 1. The van der Waals surface area contributed by atoms with Gasteiger partial charge < -0.3 is 4.90 Å². The van der Waals surface area contributed by atoms with Gasteiger partial charge in [-0.25, -0.2) is 8.42 Å². The molecule has 7 heteroatoms. The van der Waals surface area contributed by atoms with E-state index in [1.54, 1.807) is 0 Å². The van der Waals surface area contributed by atoms with Crippen LogP contribution >= 0.6 is 0 Å². The number of piperidine rings is 2. The van der Waals surface area contributed by atoms with Crippen molar-refractivity contribution in [1.29, 1.82) is 5.26 Å². The number of carbonyl (C=O) groups is 1. The van der Waals surface area contributed by atoms with Crippen molar-refractivity contribution in [2.45, 2.75) is 37.0 Å². The Hall–Kier alpha value is -1.91. The van der Waals surface area contributed by atoms with Crippen LogP contribution in [0, 0.1) is 17.2 Å². The fourth-order valence-electron chi connectivity index (χ4n) is 3.57. The van der Waals surface area contributed by atoms with E-state index in [1.165, 1.54) is 35.0 Å². The number of likely N-dealkylation sites (tertiary alicyclic amines) is 1. The van der Waals surface area contributed by atoms with E-state index in [4.69, 9.17) is 5.26 Å². The Morgan fingerprint density at radius 1 is 1.00 bits per heavy atom. The lowest BCUT2D eigenvalue weighted by atomic mass is 9.95. The van der Waals surface area contributed by atoms with Crippen molar-refractivity contribution < 1.29 is 13.2 Å². The Labute approximate surface area is 149 Å². The maximum atomic E-state index is 12.7. The Balaban J connectivity index is 1.62. The molecule has 0 unspecified atom stereocenters. The fourth-order valence-corrected chi connectivity index (χ4v) is 5.04. The van der Waals surface area contributed by atoms with Crippen LogP contribution in [-0.4, -0.2) is 49.7 Å². The van der Waals surface area contributed by atoms with Gasteiger partial charge in [0.25, 0.3) is 0 Å². The lowest BCUT2D eigenvalue weighted by Crippen LogP contribution is -2.45. The van der Waals surface area contributed by atoms with E-state index in [-0.39, 0.29) is 16.7 Å². The first-order valence-electron chi connectivity index (χ1n) is 8.81. The van der Waals surface area contributed by atoms with Gasteiger partial charge in [-0.1, -0.05) is 0 Å². The summed E-state index contributed by atoms with van der Waals surface area (Å²) in [6.07, 6.45) is 4.47. The molecule has 1 amide bonds. The molecule has 2 aliphatic heterocycles. The minimum absolute atomic E-state index is 0.0643. The van der Waals surface area contributed by atoms with Crippen molar-refractivity contribution in [3.63, 3.8) is 0 Å². The summed E-state index contributed by atoms with van der Waals surface area (Å²) in [5, 5.41) is 8.82. The first-order chi connectivity index (χ1) is 12.0. The first-order valence-corrected chi connectivity index (χ1v) is 10.3. The summed E-state index contributed by atoms with van der Waals surface area (Å²) in [6, 6.07) is 7.95. The number of rotatable bonds is 3. The van der Waals surface area contributed by atoms with Crippen LogP contribution < -0.4 is 0 Å². The molecule has 0 radical (unpaired) electrons. The summed E-state index contributed by atoms with van der Waals surface area (Å²) in [7, 11) is -3.56. The van der Waals surface area contributed by atoms with Crippen molar-refractivity contribution in [3.8, 4) is 6.07 Å². The molecule has 2 aliphatic rings. The van der Waals surface area contributed by atoms with Gasteiger partial charge in [0, 0.05) is 32.1 Å². The van der Waals surface area contributed by atoms with Gasteiger partial charge in [0.2, 0.25) is 15.9 Å². The van der Waals surface area contributed by atoms with Crippen LogP contribution in [0.5, 0.6) is 0 Å². The van der Waals surface area contributed by atoms with E-state index < -0.39 is 10.0 Å². The van der Waals surface area contributed by atoms with Gasteiger partial charge in [0.05, 0.1) is 16.5 Å². The van der Waals surface area contributed by atoms with Gasteiger partial charge in [0.1, 0.15) is 0 Å². The lowest BCUT2D eigenvalue weighted by Gasteiger charge is -2.35. The first kappa shape index (κ1) is 17.9. The zero-order chi connectivity index (χ0) is 17.9. The summed E-state index contributed by atoms with van der Waals surface area (Å²) in [4.78, 5) is 14.7. The molecule has 2 heterocycles. The summed E-state index contributed by atoms with van der Waals surface area (Å²) >= 11 is 0. The maximum absolute atomic E-state index is 12.7. The molecule has 0 aromatic heterocycles. The number of nitrogens with zero attached hydrogens (tertiary/aromatic N) is 3. The minimum atomic E-state index is -3.56. The average molecular weight is 361 g/mol. The largest absolute Gasteiger partial charge is 0.342 e. The topological polar surface area (TPSA) is 81.5 Å². The number of hydrogen-bond acceptors (Lipinski definition) is 4. The maximum Gasteiger partial charge on any atom is 0.243 e. The molecule has 134 valence electrons. The number of amides is 1. The van der Waals surface area contributed by atoms with Gasteiger partial charge in [-0.15, -0.1) is 0 Å². The zero-order valence-corrected chi connectivity index (χ0v) is 15.0. The second kappa shape index (κ2) is 7.54. The van der Waals surface area contributed by atoms with Crippen LogP contribution in [0.3, 0.4) is 0 Å². The molecule has 0 N–H and O–H groups in total. The zero-order valence-electron chi connectivity index (χ0n) is 14.2. The quantitative estimate of drug-likeness (QED) is 0.824. The molecule has 0 aliphatic carbocycles. The molecule has 0 saturated carbocycles. The van der Waals surface area contributed by atoms with Crippen LogP contribution in [0.15, 0.2) is 29.2 Å². The molecule has 0 atom stereocenters. The van der Waals surface area contributed by atoms with E-state index in [1.807, 2.05) is 11.0 Å². The molecule has 3 rings (SSSR count). The highest BCUT2D eigenvalue weighted by molar-refractivity contribution is 7.89. The molecular formula is C18H23N3O3S. The number of carbonyl (C=O) groups excluding carboxylic acids is 1. The van der Waals surface area contributed by atoms with Crippen molar-refractivity contribution in [2.75, 3.05) is 26.2 Å². The van der Waals surface area contributed by atoms with E-state index in [9.17, 15) is 13.2 Å². The number of benzene rings is 1. The Bertz CT molecular complexity index is 754. The summed E-state index contributed by atoms with van der Waals surface area (Å²) < 4.78 is 26.9. The Morgan fingerprint density at radius 3 is 2.16 bits per heavy atom. The fraction of sp³-hybridized carbons (Fsp3) is 0.556. The molecule has 1 aromatic rings. The Morgan fingerprint density at radius 2 is 1.60 bits per heavy atom. The highest BCUT2D eigenvalue weighted by Crippen LogP contribution is 2.26. The van der Waals surface area contributed by atoms with Gasteiger partial charge >= 0.3 is 0 Å². The van der Waals surface area contributed by atoms with Crippen LogP contribution in [0.2, 0.25) is 0 Å². The SMILES string of the molecule is N#Cc1ccc(S(=O)(=O)N2CCC(C(=O)N3CCCCC3)CC2)cc1. The third-order valence-electron chi connectivity index (χ3n) is 5.09. The van der Waals surface area contributed by atoms with Gasteiger partial charge in [-0.2, -0.15) is 9.57 Å². The second-order valence-electron chi connectivity index (χ2n) is 6.70. The second-order valence-corrected chi connectivity index (χ2v) is 8.64. The molecule has 1 aromatic carbocycles. The molecule has 0 spiro atoms. The average Bonchev–Trinajstić information content (AvgIpc) is 2.68. The number of hydrogen-bond donors (Lipinski definition) is 0. The van der Waals surface area contributed by atoms with Crippen LogP contribution in [0.25, 0.3) is 0 Å². The predicted molar refractivity (Wildman–Crippen MR) is 93.1 cm³/mol. The third-order valence-corrected chi connectivity index (χ3v) is 7.00. The van der Waals surface area contributed by atoms with E-state index in [0.29, 0.717) is 31.5 Å². The monoisotopic (exact) mass is 361 g/mol. The molecule has 6 nitrogen and oxygen atoms in total. The van der Waals surface area contributed by atoms with Crippen molar-refractivity contribution in [3.05, 3.63) is 29.8 Å². The van der Waals surface area contributed by atoms with E-state index in [2.05, 4.69) is 0 Å². The van der Waals surface area contributed by atoms with E-state index >= 15 is 0 Å². The lowest BCUT2D eigenvalue weighted by molar-refractivity contribution is -0.137. The standard InChI is InChI=1S/C18H23N3O3S/c19-14-15-4-6-17(7-5-15)25(23,24)21-12-8-16(9-13-21)18(22)20-10-2-1-3-11-20/h4-7,16H,1-3,8-13H2. The predicted octanol–water partition coefficient (Wildman–Crippen LogP) is 1.97. The van der Waals surface area contributed by atoms with Crippen molar-refractivity contribution in [1.82, 2.24) is 9.21 Å². The molecule has 2 saturated heterocycles. The molecule has 25 heavy (non-hydrogen) atoms. The summed E-state index contributed by atoms with van der Waals surface area (Å²) in [6.45, 7) is 2.41. The Kier molecular flexibility index (Phi) is 5.40. The minimum Gasteiger partial charge on any atom is -0.342 e. The normalized spacial score (nSPS) is 20.2. The molecular weight excluding hydrogens is 338 g/mol. The van der Waals surface area contributed by atoms with Crippen molar-refractivity contribution in [2.24, 2.45) is 5.92 Å². The third kappa shape index (κ3) is 3.86. The van der Waals surface area contributed by atoms with E-state index in [0.717, 1.165) is 25.9 Å². The smallest absolute Gasteiger partial charge is 0.243 e. The summed E-state index contributed by atoms with van der Waals surface area (Å²) in [5.74, 6) is 0.126. The van der Waals surface area contributed by atoms with Crippen molar-refractivity contribution >= 4 is 15.9 Å².